The fourth-order valence-corrected chi connectivity index (χ4v) is 3.54. The predicted molar refractivity (Wildman–Crippen MR) is 90.3 cm³/mol. The van der Waals surface area contributed by atoms with Gasteiger partial charge in [0.05, 0.1) is 23.9 Å². The minimum Gasteiger partial charge on any atom is -0.497 e. The first kappa shape index (κ1) is 16.7. The van der Waals surface area contributed by atoms with E-state index >= 15 is 0 Å². The number of nitrogens with zero attached hydrogens (tertiary/aromatic N) is 2. The van der Waals surface area contributed by atoms with Crippen LogP contribution in [0.3, 0.4) is 0 Å². The Morgan fingerprint density at radius 2 is 1.92 bits per heavy atom. The quantitative estimate of drug-likeness (QED) is 0.716. The molecule has 0 aliphatic heterocycles. The van der Waals surface area contributed by atoms with Crippen molar-refractivity contribution in [2.24, 2.45) is 0 Å². The topological polar surface area (TPSA) is 118 Å². The summed E-state index contributed by atoms with van der Waals surface area (Å²) in [5, 5.41) is 9.27. The molecule has 0 unspecified atom stereocenters. The fraction of sp³-hybridized carbons (Fsp3) is 0.0625. The number of hydrogen-bond donors (Lipinski definition) is 2. The molecule has 0 atom stereocenters. The SMILES string of the molecule is COc1ccc(C(=O)O)c(NS(=O)(=O)c2cccc3nccnc23)c1. The van der Waals surface area contributed by atoms with Crippen LogP contribution < -0.4 is 9.46 Å². The first-order chi connectivity index (χ1) is 11.9. The summed E-state index contributed by atoms with van der Waals surface area (Å²) in [6.07, 6.45) is 2.84. The number of sulfonamides is 1. The van der Waals surface area contributed by atoms with Gasteiger partial charge in [-0.25, -0.2) is 13.2 Å². The van der Waals surface area contributed by atoms with E-state index in [1.54, 1.807) is 6.07 Å². The summed E-state index contributed by atoms with van der Waals surface area (Å²) < 4.78 is 32.9. The van der Waals surface area contributed by atoms with E-state index in [1.807, 2.05) is 0 Å². The number of para-hydroxylation sites is 1. The number of methoxy groups -OCH3 is 1. The third kappa shape index (κ3) is 3.22. The van der Waals surface area contributed by atoms with E-state index < -0.39 is 16.0 Å². The maximum Gasteiger partial charge on any atom is 0.337 e. The monoisotopic (exact) mass is 359 g/mol. The Hall–Kier alpha value is -3.20. The van der Waals surface area contributed by atoms with Crippen LogP contribution in [-0.4, -0.2) is 36.6 Å². The highest BCUT2D eigenvalue weighted by atomic mass is 32.2. The molecule has 8 nitrogen and oxygen atoms in total. The lowest BCUT2D eigenvalue weighted by molar-refractivity contribution is 0.0698. The molecule has 0 saturated heterocycles. The van der Waals surface area contributed by atoms with Gasteiger partial charge in [0.15, 0.2) is 0 Å². The Kier molecular flexibility index (Phi) is 4.24. The minimum absolute atomic E-state index is 0.0998. The predicted octanol–water partition coefficient (Wildman–Crippen LogP) is 2.14. The molecule has 0 aliphatic carbocycles. The summed E-state index contributed by atoms with van der Waals surface area (Å²) in [4.78, 5) is 19.4. The number of carbonyl (C=O) groups is 1. The van der Waals surface area contributed by atoms with E-state index in [0.29, 0.717) is 11.3 Å². The van der Waals surface area contributed by atoms with Crippen molar-refractivity contribution >= 4 is 32.7 Å². The molecule has 0 bridgehead atoms. The summed E-state index contributed by atoms with van der Waals surface area (Å²) in [5.41, 5.74) is 0.301. The number of nitrogens with one attached hydrogen (secondary N) is 1. The van der Waals surface area contributed by atoms with Gasteiger partial charge in [-0.3, -0.25) is 14.7 Å². The second-order valence-electron chi connectivity index (χ2n) is 5.00. The average Bonchev–Trinajstić information content (AvgIpc) is 2.60. The van der Waals surface area contributed by atoms with Crippen LogP contribution in [0, 0.1) is 0 Å². The number of carboxylic acids is 1. The van der Waals surface area contributed by atoms with Crippen LogP contribution in [-0.2, 0) is 10.0 Å². The smallest absolute Gasteiger partial charge is 0.337 e. The highest BCUT2D eigenvalue weighted by Gasteiger charge is 2.22. The molecular weight excluding hydrogens is 346 g/mol. The first-order valence-electron chi connectivity index (χ1n) is 7.06. The van der Waals surface area contributed by atoms with Crippen LogP contribution in [0.4, 0.5) is 5.69 Å². The summed E-state index contributed by atoms with van der Waals surface area (Å²) in [6, 6.07) is 8.55. The maximum absolute atomic E-state index is 12.8. The molecule has 128 valence electrons. The van der Waals surface area contributed by atoms with Gasteiger partial charge in [-0.15, -0.1) is 0 Å². The highest BCUT2D eigenvalue weighted by Crippen LogP contribution is 2.27. The van der Waals surface area contributed by atoms with Crippen molar-refractivity contribution in [2.45, 2.75) is 4.90 Å². The van der Waals surface area contributed by atoms with Crippen LogP contribution in [0.5, 0.6) is 5.75 Å². The zero-order chi connectivity index (χ0) is 18.0. The Morgan fingerprint density at radius 1 is 1.16 bits per heavy atom. The van der Waals surface area contributed by atoms with Crippen molar-refractivity contribution in [3.63, 3.8) is 0 Å². The van der Waals surface area contributed by atoms with Crippen LogP contribution in [0.2, 0.25) is 0 Å². The molecular formula is C16H13N3O5S. The van der Waals surface area contributed by atoms with Crippen molar-refractivity contribution in [2.75, 3.05) is 11.8 Å². The van der Waals surface area contributed by atoms with Gasteiger partial charge in [0.1, 0.15) is 16.2 Å². The Morgan fingerprint density at radius 3 is 2.64 bits per heavy atom. The van der Waals surface area contributed by atoms with Crippen LogP contribution in [0.1, 0.15) is 10.4 Å². The van der Waals surface area contributed by atoms with Crippen LogP contribution in [0.15, 0.2) is 53.7 Å². The van der Waals surface area contributed by atoms with E-state index in [0.717, 1.165) is 0 Å². The molecule has 25 heavy (non-hydrogen) atoms. The number of rotatable bonds is 5. The number of anilines is 1. The molecule has 0 aliphatic rings. The minimum atomic E-state index is -4.09. The maximum atomic E-state index is 12.8. The number of carboxylic acid groups (broad SMARTS) is 1. The standard InChI is InChI=1S/C16H13N3O5S/c1-24-10-5-6-11(16(20)21)13(9-10)19-25(22,23)14-4-2-3-12-15(14)18-8-7-17-12/h2-9,19H,1H3,(H,20,21). The summed E-state index contributed by atoms with van der Waals surface area (Å²) in [6.45, 7) is 0. The molecule has 0 fully saturated rings. The van der Waals surface area contributed by atoms with Gasteiger partial charge < -0.3 is 9.84 Å². The molecule has 0 radical (unpaired) electrons. The average molecular weight is 359 g/mol. The molecule has 9 heteroatoms. The van der Waals surface area contributed by atoms with E-state index in [4.69, 9.17) is 4.74 Å². The van der Waals surface area contributed by atoms with Crippen LogP contribution >= 0.6 is 0 Å². The molecule has 1 aromatic heterocycles. The van der Waals surface area contributed by atoms with Crippen molar-refractivity contribution in [3.05, 3.63) is 54.4 Å². The highest BCUT2D eigenvalue weighted by molar-refractivity contribution is 7.93. The Labute approximate surface area is 143 Å². The second kappa shape index (κ2) is 6.36. The summed E-state index contributed by atoms with van der Waals surface area (Å²) in [5.74, 6) is -0.946. The fourth-order valence-electron chi connectivity index (χ4n) is 2.30. The van der Waals surface area contributed by atoms with Crippen LogP contribution in [0.25, 0.3) is 11.0 Å². The molecule has 2 aromatic carbocycles. The molecule has 0 spiro atoms. The van der Waals surface area contributed by atoms with Gasteiger partial charge in [0.25, 0.3) is 10.0 Å². The first-order valence-corrected chi connectivity index (χ1v) is 8.54. The third-order valence-electron chi connectivity index (χ3n) is 3.45. The number of aromatic carboxylic acids is 1. The van der Waals surface area contributed by atoms with E-state index in [1.165, 1.54) is 49.8 Å². The number of benzene rings is 2. The number of fused-ring (bicyclic) bond motifs is 1. The Bertz CT molecular complexity index is 1060. The normalized spacial score (nSPS) is 11.2. The summed E-state index contributed by atoms with van der Waals surface area (Å²) >= 11 is 0. The zero-order valence-corrected chi connectivity index (χ0v) is 13.8. The molecule has 3 rings (SSSR count). The molecule has 3 aromatic rings. The van der Waals surface area contributed by atoms with Gasteiger partial charge in [-0.2, -0.15) is 0 Å². The van der Waals surface area contributed by atoms with Gasteiger partial charge in [-0.05, 0) is 24.3 Å². The lowest BCUT2D eigenvalue weighted by Crippen LogP contribution is -2.16. The van der Waals surface area contributed by atoms with Gasteiger partial charge >= 0.3 is 5.97 Å². The molecule has 0 amide bonds. The van der Waals surface area contributed by atoms with Gasteiger partial charge in [-0.1, -0.05) is 6.07 Å². The van der Waals surface area contributed by atoms with Gasteiger partial charge in [0.2, 0.25) is 0 Å². The van der Waals surface area contributed by atoms with E-state index in [9.17, 15) is 18.3 Å². The van der Waals surface area contributed by atoms with E-state index in [2.05, 4.69) is 14.7 Å². The lowest BCUT2D eigenvalue weighted by Gasteiger charge is -2.13. The van der Waals surface area contributed by atoms with Crippen molar-refractivity contribution in [1.29, 1.82) is 0 Å². The molecule has 2 N–H and O–H groups in total. The van der Waals surface area contributed by atoms with Crippen molar-refractivity contribution < 1.29 is 23.1 Å². The largest absolute Gasteiger partial charge is 0.497 e. The molecule has 1 heterocycles. The third-order valence-corrected chi connectivity index (χ3v) is 4.85. The molecule has 0 saturated carbocycles. The van der Waals surface area contributed by atoms with E-state index in [-0.39, 0.29) is 21.7 Å². The summed E-state index contributed by atoms with van der Waals surface area (Å²) in [7, 11) is -2.70. The Balaban J connectivity index is 2.12. The number of ether oxygens (including phenoxy) is 1. The number of aromatic nitrogens is 2. The van der Waals surface area contributed by atoms with Gasteiger partial charge in [0, 0.05) is 18.5 Å². The number of hydrogen-bond acceptors (Lipinski definition) is 6. The second-order valence-corrected chi connectivity index (χ2v) is 6.65. The lowest BCUT2D eigenvalue weighted by atomic mass is 10.2. The van der Waals surface area contributed by atoms with Crippen molar-refractivity contribution in [1.82, 2.24) is 9.97 Å². The van der Waals surface area contributed by atoms with Crippen molar-refractivity contribution in [3.8, 4) is 5.75 Å². The zero-order valence-electron chi connectivity index (χ0n) is 13.0.